The Morgan fingerprint density at radius 2 is 1.29 bits per heavy atom. The van der Waals surface area contributed by atoms with E-state index in [1.54, 1.807) is 0 Å². The van der Waals surface area contributed by atoms with Crippen molar-refractivity contribution < 1.29 is 173 Å². The molecule has 3 aromatic heterocycles. The van der Waals surface area contributed by atoms with Crippen LogP contribution in [0.4, 0.5) is 11.6 Å². The van der Waals surface area contributed by atoms with Crippen LogP contribution in [0.3, 0.4) is 0 Å². The minimum Gasteiger partial charge on any atom is -0.468 e. The van der Waals surface area contributed by atoms with Crippen LogP contribution in [0, 0.1) is 77.8 Å². The van der Waals surface area contributed by atoms with Crippen molar-refractivity contribution in [2.24, 2.45) is 24.1 Å². The van der Waals surface area contributed by atoms with E-state index in [1.807, 2.05) is 71.6 Å². The summed E-state index contributed by atoms with van der Waals surface area (Å²) >= 11 is 0. The molecule has 3 aromatic rings. The number of anilines is 2. The van der Waals surface area contributed by atoms with E-state index in [0.29, 0.717) is 0 Å². The van der Waals surface area contributed by atoms with Crippen molar-refractivity contribution in [1.82, 2.24) is 4.98 Å². The maximum Gasteiger partial charge on any atom is 2.00 e. The minimum absolute atomic E-state index is 0. The predicted molar refractivity (Wildman–Crippen MR) is 265 cm³/mol. The van der Waals surface area contributed by atoms with Crippen molar-refractivity contribution in [3.63, 3.8) is 0 Å². The number of allylic oxidation sites excluding steroid dienone is 2. The Morgan fingerprint density at radius 1 is 0.714 bits per heavy atom. The Labute approximate surface area is 517 Å². The van der Waals surface area contributed by atoms with Crippen molar-refractivity contribution in [2.75, 3.05) is 37.4 Å². The average Bonchev–Trinajstić information content (AvgIpc) is 3.53. The Kier molecular flexibility index (Phi) is 106. The molecule has 0 spiro atoms. The van der Waals surface area contributed by atoms with E-state index in [2.05, 4.69) is 93.2 Å². The van der Waals surface area contributed by atoms with Crippen molar-refractivity contribution in [3.8, 4) is 0 Å². The molecule has 0 amide bonds. The molecule has 0 aliphatic carbocycles. The molecule has 1 N–H and O–H groups in total. The molecule has 0 bridgehead atoms. The molecular formula is C50H92N7RbW5+2. The molecule has 63 heavy (non-hydrogen) atoms. The van der Waals surface area contributed by atoms with Crippen molar-refractivity contribution in [2.45, 2.75) is 102 Å². The van der Waals surface area contributed by atoms with E-state index < -0.39 is 0 Å². The van der Waals surface area contributed by atoms with Crippen LogP contribution < -0.4 is 77.5 Å². The molecule has 0 atom stereocenters. The molecule has 356 valence electrons. The van der Waals surface area contributed by atoms with Gasteiger partial charge in [-0.05, 0) is 54.8 Å². The van der Waals surface area contributed by atoms with E-state index in [4.69, 9.17) is 0 Å². The van der Waals surface area contributed by atoms with Gasteiger partial charge >= 0.3 is 164 Å². The van der Waals surface area contributed by atoms with Gasteiger partial charge in [0.15, 0.2) is 11.9 Å². The number of nitrogens with one attached hydrogen (secondary N) is 1. The Morgan fingerprint density at radius 3 is 1.67 bits per heavy atom. The van der Waals surface area contributed by atoms with Crippen molar-refractivity contribution >= 4 is 23.1 Å². The van der Waals surface area contributed by atoms with E-state index in [1.165, 1.54) is 42.7 Å². The fourth-order valence-corrected chi connectivity index (χ4v) is 4.90. The van der Waals surface area contributed by atoms with Gasteiger partial charge in [-0.15, -0.1) is 42.8 Å². The van der Waals surface area contributed by atoms with Gasteiger partial charge in [0.05, 0.1) is 21.1 Å². The van der Waals surface area contributed by atoms with Crippen LogP contribution >= 0.6 is 0 Å². The Bertz CT molecular complexity index is 1490. The van der Waals surface area contributed by atoms with E-state index in [9.17, 15) is 0 Å². The fraction of sp³-hybridized carbons (Fsp3) is 0.420. The largest absolute Gasteiger partial charge is 2.00 e. The van der Waals surface area contributed by atoms with E-state index >= 15 is 0 Å². The normalized spacial score (nSPS) is 10.6. The first-order chi connectivity index (χ1) is 22.6. The monoisotopic (exact) mass is 1800 g/mol. The summed E-state index contributed by atoms with van der Waals surface area (Å²) in [6, 6.07) is 16.3. The summed E-state index contributed by atoms with van der Waals surface area (Å²) in [5, 5.41) is 3.25. The quantitative estimate of drug-likeness (QED) is 0.210. The number of aliphatic imine (C=N–C) groups is 2. The number of rotatable bonds is 4. The molecule has 0 fully saturated rings. The van der Waals surface area contributed by atoms with Gasteiger partial charge in [-0.25, -0.2) is 11.5 Å². The second-order valence-corrected chi connectivity index (χ2v) is 11.7. The summed E-state index contributed by atoms with van der Waals surface area (Å²) in [6.07, 6.45) is 14.8. The molecule has 3 aliphatic rings. The first kappa shape index (κ1) is 106. The third-order valence-electron chi connectivity index (χ3n) is 7.80. The Hall–Kier alpha value is 1.12. The molecule has 0 radical (unpaired) electrons. The molecule has 0 unspecified atom stereocenters. The third kappa shape index (κ3) is 44.1. The third-order valence-corrected chi connectivity index (χ3v) is 7.80. The minimum atomic E-state index is 0. The van der Waals surface area contributed by atoms with Crippen LogP contribution in [0.25, 0.3) is 0 Å². The number of aromatic nitrogens is 3. The van der Waals surface area contributed by atoms with Gasteiger partial charge in [0.25, 0.3) is 5.82 Å². The number of fused-ring (bicyclic) bond motifs is 1. The van der Waals surface area contributed by atoms with Crippen LogP contribution in [0.2, 0.25) is 0 Å². The Balaban J connectivity index is -0.0000000332. The number of hydrogen-bond acceptors (Lipinski definition) is 5. The fourth-order valence-electron chi connectivity index (χ4n) is 4.90. The predicted octanol–water partition coefficient (Wildman–Crippen LogP) is 9.29. The second kappa shape index (κ2) is 63.1. The smallest absolute Gasteiger partial charge is 0.468 e. The first-order valence-corrected chi connectivity index (χ1v) is 16.6. The van der Waals surface area contributed by atoms with Crippen LogP contribution in [0.1, 0.15) is 112 Å². The van der Waals surface area contributed by atoms with E-state index in [-0.39, 0.29) is 238 Å². The maximum atomic E-state index is 4.30. The molecule has 0 saturated heterocycles. The van der Waals surface area contributed by atoms with Crippen molar-refractivity contribution in [3.05, 3.63) is 161 Å². The molecule has 6 heterocycles. The summed E-state index contributed by atoms with van der Waals surface area (Å²) < 4.78 is 4.13. The zero-order valence-corrected chi connectivity index (χ0v) is 57.3. The van der Waals surface area contributed by atoms with Gasteiger partial charge in [-0.3, -0.25) is 19.4 Å². The van der Waals surface area contributed by atoms with E-state index in [0.717, 1.165) is 79.6 Å². The van der Waals surface area contributed by atoms with Crippen molar-refractivity contribution in [1.29, 1.82) is 0 Å². The standard InChI is InChI=1S/C9H11N2.C9H14N2.C8H11N.C7H9N.C7H12N.5CH4.5CH3.Rb.5W/c1-7-4-5-8-3-2-6-10-9(8)11-7;1-8-6-5-7-9(10(2)3)11(8)4;1-3-8-6-4-5-7-9(8)2;1-3-7-5-4-6(2)8-7;1-2-7-5-3-4-6-8-7;;;;;;;;;;;;;;;;/h4-5H,1-3,6H2,(H,10,11);5-7H,1H2,2-4H3;4-7H,1,3H2,2H3;1,3,5H2,2H3;1-6H2;5*1H4;5*1H3;;;;;;/q-1;;;-2;-1;;;;;;5*-1;+1;5*+2. The van der Waals surface area contributed by atoms with Gasteiger partial charge in [-0.1, -0.05) is 56.5 Å². The zero-order valence-electron chi connectivity index (χ0n) is 37.7. The number of pyridine rings is 3. The second-order valence-electron chi connectivity index (χ2n) is 11.7. The van der Waals surface area contributed by atoms with Crippen LogP contribution in [0.5, 0.6) is 0 Å². The maximum absolute atomic E-state index is 4.30. The van der Waals surface area contributed by atoms with Gasteiger partial charge in [0, 0.05) is 31.3 Å². The molecule has 0 saturated carbocycles. The molecule has 3 aliphatic heterocycles. The number of aryl methyl sites for hydroxylation is 2. The molecule has 6 rings (SSSR count). The van der Waals surface area contributed by atoms with Crippen LogP contribution in [-0.4, -0.2) is 43.6 Å². The van der Waals surface area contributed by atoms with Gasteiger partial charge in [0.2, 0.25) is 0 Å². The molecule has 13 heteroatoms. The van der Waals surface area contributed by atoms with Gasteiger partial charge < -0.3 is 74.3 Å². The zero-order chi connectivity index (χ0) is 34.6. The summed E-state index contributed by atoms with van der Waals surface area (Å²) in [6.45, 7) is 23.0. The summed E-state index contributed by atoms with van der Waals surface area (Å²) in [7, 11) is 8.09. The summed E-state index contributed by atoms with van der Waals surface area (Å²) in [5.74, 6) is 2.20. The molecule has 7 nitrogen and oxygen atoms in total. The molecule has 0 aromatic carbocycles. The summed E-state index contributed by atoms with van der Waals surface area (Å²) in [5.41, 5.74) is 7.94. The topological polar surface area (TPSA) is 60.6 Å². The average molecular weight is 1800 g/mol. The van der Waals surface area contributed by atoms with Crippen LogP contribution in [0.15, 0.2) is 70.4 Å². The first-order valence-electron chi connectivity index (χ1n) is 16.6. The van der Waals surface area contributed by atoms with Gasteiger partial charge in [-0.2, -0.15) is 19.1 Å². The van der Waals surface area contributed by atoms with Crippen LogP contribution in [-0.2, 0) is 132 Å². The van der Waals surface area contributed by atoms with Gasteiger partial charge in [0.1, 0.15) is 12.9 Å². The summed E-state index contributed by atoms with van der Waals surface area (Å²) in [4.78, 5) is 14.8. The number of nitrogens with zero attached hydrogens (tertiary/aromatic N) is 6. The number of hydrogen-bond donors (Lipinski definition) is 1. The molecular weight excluding hydrogens is 1700 g/mol. The SMILES string of the molecule is C.C.C.C.C.[CH2-]CC1=NC(C)=[C-]C1.[CH2-]CC1=NCCCC1.[CH2-]Cc1cccc[n+]1C.[CH2-]c1ccc2c(n1)NCCC2.[CH2-]c1cccc(N(C)C)[n+]1C.[CH3-].[CH3-].[CH3-].[CH3-].[CH3-].[Rb+].[W+2].[W+2].[W+2].[W+2].[W+2].